The SMILES string of the molecule is O=C(O)c1ccc(CNCc2ccncc2OCC(F)(F)F)cc1. The first-order valence-electron chi connectivity index (χ1n) is 7.00. The van der Waals surface area contributed by atoms with E-state index in [1.165, 1.54) is 24.5 Å². The van der Waals surface area contributed by atoms with Gasteiger partial charge in [-0.05, 0) is 23.8 Å². The van der Waals surface area contributed by atoms with Crippen molar-refractivity contribution in [3.63, 3.8) is 0 Å². The summed E-state index contributed by atoms with van der Waals surface area (Å²) in [7, 11) is 0. The van der Waals surface area contributed by atoms with Crippen LogP contribution in [0.3, 0.4) is 0 Å². The molecule has 0 aliphatic rings. The van der Waals surface area contributed by atoms with Gasteiger partial charge >= 0.3 is 12.1 Å². The molecule has 5 nitrogen and oxygen atoms in total. The number of carboxylic acid groups (broad SMARTS) is 1. The fourth-order valence-corrected chi connectivity index (χ4v) is 1.95. The lowest BCUT2D eigenvalue weighted by atomic mass is 10.1. The van der Waals surface area contributed by atoms with E-state index in [1.54, 1.807) is 18.2 Å². The number of carboxylic acids is 1. The first kappa shape index (κ1) is 17.7. The molecule has 0 amide bonds. The maximum absolute atomic E-state index is 12.2. The summed E-state index contributed by atoms with van der Waals surface area (Å²) in [5.74, 6) is -0.929. The zero-order chi connectivity index (χ0) is 17.6. The number of hydrogen-bond donors (Lipinski definition) is 2. The monoisotopic (exact) mass is 340 g/mol. The van der Waals surface area contributed by atoms with Gasteiger partial charge < -0.3 is 15.2 Å². The van der Waals surface area contributed by atoms with Gasteiger partial charge in [-0.15, -0.1) is 0 Å². The zero-order valence-corrected chi connectivity index (χ0v) is 12.5. The van der Waals surface area contributed by atoms with Crippen molar-refractivity contribution < 1.29 is 27.8 Å². The maximum atomic E-state index is 12.2. The van der Waals surface area contributed by atoms with Crippen LogP contribution in [-0.2, 0) is 13.1 Å². The van der Waals surface area contributed by atoms with Crippen molar-refractivity contribution in [1.82, 2.24) is 10.3 Å². The Bertz CT molecular complexity index is 688. The van der Waals surface area contributed by atoms with Gasteiger partial charge in [0.15, 0.2) is 6.61 Å². The lowest BCUT2D eigenvalue weighted by Gasteiger charge is -2.13. The third-order valence-electron chi connectivity index (χ3n) is 3.11. The highest BCUT2D eigenvalue weighted by molar-refractivity contribution is 5.87. The molecule has 0 aliphatic carbocycles. The molecule has 0 spiro atoms. The standard InChI is InChI=1S/C16H15F3N2O3/c17-16(18,19)10-24-14-9-20-6-5-13(14)8-21-7-11-1-3-12(4-2-11)15(22)23/h1-6,9,21H,7-8,10H2,(H,22,23). The Morgan fingerprint density at radius 3 is 2.50 bits per heavy atom. The highest BCUT2D eigenvalue weighted by Gasteiger charge is 2.28. The highest BCUT2D eigenvalue weighted by atomic mass is 19.4. The summed E-state index contributed by atoms with van der Waals surface area (Å²) >= 11 is 0. The van der Waals surface area contributed by atoms with Gasteiger partial charge in [-0.3, -0.25) is 4.98 Å². The average Bonchev–Trinajstić information content (AvgIpc) is 2.53. The molecule has 2 rings (SSSR count). The Hall–Kier alpha value is -2.61. The number of halogens is 3. The number of rotatable bonds is 7. The van der Waals surface area contributed by atoms with Crippen molar-refractivity contribution in [2.75, 3.05) is 6.61 Å². The average molecular weight is 340 g/mol. The Morgan fingerprint density at radius 1 is 1.17 bits per heavy atom. The zero-order valence-electron chi connectivity index (χ0n) is 12.5. The van der Waals surface area contributed by atoms with E-state index in [1.807, 2.05) is 0 Å². The number of carbonyl (C=O) groups is 1. The molecule has 0 atom stereocenters. The fourth-order valence-electron chi connectivity index (χ4n) is 1.95. The second kappa shape index (κ2) is 7.78. The fraction of sp³-hybridized carbons (Fsp3) is 0.250. The van der Waals surface area contributed by atoms with E-state index in [4.69, 9.17) is 9.84 Å². The van der Waals surface area contributed by atoms with Crippen LogP contribution in [0, 0.1) is 0 Å². The number of aromatic carboxylic acids is 1. The number of benzene rings is 1. The normalized spacial score (nSPS) is 11.3. The molecule has 0 bridgehead atoms. The van der Waals surface area contributed by atoms with Crippen LogP contribution in [0.1, 0.15) is 21.5 Å². The third-order valence-corrected chi connectivity index (χ3v) is 3.11. The lowest BCUT2D eigenvalue weighted by molar-refractivity contribution is -0.153. The molecule has 1 aromatic carbocycles. The van der Waals surface area contributed by atoms with Gasteiger partial charge in [0.1, 0.15) is 5.75 Å². The van der Waals surface area contributed by atoms with Gasteiger partial charge in [-0.25, -0.2) is 4.79 Å². The molecule has 0 saturated heterocycles. The molecule has 1 aromatic heterocycles. The van der Waals surface area contributed by atoms with Gasteiger partial charge in [0.2, 0.25) is 0 Å². The summed E-state index contributed by atoms with van der Waals surface area (Å²) in [5, 5.41) is 11.9. The Labute approximate surface area is 136 Å². The summed E-state index contributed by atoms with van der Waals surface area (Å²) < 4.78 is 41.5. The molecule has 2 N–H and O–H groups in total. The predicted octanol–water partition coefficient (Wildman–Crippen LogP) is 3.01. The highest BCUT2D eigenvalue weighted by Crippen LogP contribution is 2.21. The van der Waals surface area contributed by atoms with Crippen molar-refractivity contribution in [3.05, 3.63) is 59.4 Å². The van der Waals surface area contributed by atoms with E-state index in [2.05, 4.69) is 10.3 Å². The van der Waals surface area contributed by atoms with Crippen LogP contribution < -0.4 is 10.1 Å². The van der Waals surface area contributed by atoms with E-state index in [9.17, 15) is 18.0 Å². The number of pyridine rings is 1. The quantitative estimate of drug-likeness (QED) is 0.811. The molecule has 2 aromatic rings. The van der Waals surface area contributed by atoms with Crippen LogP contribution >= 0.6 is 0 Å². The van der Waals surface area contributed by atoms with Crippen LogP contribution in [0.15, 0.2) is 42.7 Å². The van der Waals surface area contributed by atoms with Gasteiger partial charge in [0, 0.05) is 24.8 Å². The predicted molar refractivity (Wildman–Crippen MR) is 79.7 cm³/mol. The van der Waals surface area contributed by atoms with Gasteiger partial charge in [0.25, 0.3) is 0 Å². The molecular weight excluding hydrogens is 325 g/mol. The minimum atomic E-state index is -4.41. The van der Waals surface area contributed by atoms with E-state index < -0.39 is 18.8 Å². The molecule has 0 saturated carbocycles. The summed E-state index contributed by atoms with van der Waals surface area (Å²) in [5.41, 5.74) is 1.60. The van der Waals surface area contributed by atoms with Crippen LogP contribution in [0.5, 0.6) is 5.75 Å². The molecule has 0 aliphatic heterocycles. The molecule has 128 valence electrons. The summed E-state index contributed by atoms with van der Waals surface area (Å²) in [4.78, 5) is 14.5. The topological polar surface area (TPSA) is 71.5 Å². The smallest absolute Gasteiger partial charge is 0.422 e. The van der Waals surface area contributed by atoms with Gasteiger partial charge in [-0.2, -0.15) is 13.2 Å². The number of aromatic nitrogens is 1. The minimum Gasteiger partial charge on any atom is -0.482 e. The van der Waals surface area contributed by atoms with Crippen LogP contribution in [0.25, 0.3) is 0 Å². The second-order valence-corrected chi connectivity index (χ2v) is 4.99. The lowest BCUT2D eigenvalue weighted by Crippen LogP contribution is -2.20. The van der Waals surface area contributed by atoms with E-state index in [-0.39, 0.29) is 17.9 Å². The summed E-state index contributed by atoms with van der Waals surface area (Å²) in [6.07, 6.45) is -1.70. The number of nitrogens with zero attached hydrogens (tertiary/aromatic N) is 1. The molecular formula is C16H15F3N2O3. The van der Waals surface area contributed by atoms with E-state index in [0.717, 1.165) is 5.56 Å². The molecule has 0 unspecified atom stereocenters. The van der Waals surface area contributed by atoms with E-state index in [0.29, 0.717) is 12.1 Å². The van der Waals surface area contributed by atoms with Crippen molar-refractivity contribution in [2.45, 2.75) is 19.3 Å². The summed E-state index contributed by atoms with van der Waals surface area (Å²) in [6, 6.07) is 7.90. The molecule has 0 fully saturated rings. The second-order valence-electron chi connectivity index (χ2n) is 4.99. The first-order chi connectivity index (χ1) is 11.3. The molecule has 0 radical (unpaired) electrons. The van der Waals surface area contributed by atoms with Crippen molar-refractivity contribution in [1.29, 1.82) is 0 Å². The Kier molecular flexibility index (Phi) is 5.75. The molecule has 24 heavy (non-hydrogen) atoms. The Morgan fingerprint density at radius 2 is 1.88 bits per heavy atom. The largest absolute Gasteiger partial charge is 0.482 e. The maximum Gasteiger partial charge on any atom is 0.422 e. The van der Waals surface area contributed by atoms with Crippen molar-refractivity contribution in [3.8, 4) is 5.75 Å². The Balaban J connectivity index is 1.91. The number of ether oxygens (including phenoxy) is 1. The van der Waals surface area contributed by atoms with Crippen molar-refractivity contribution in [2.24, 2.45) is 0 Å². The van der Waals surface area contributed by atoms with Gasteiger partial charge in [-0.1, -0.05) is 12.1 Å². The third kappa shape index (κ3) is 5.54. The van der Waals surface area contributed by atoms with Crippen LogP contribution in [0.4, 0.5) is 13.2 Å². The van der Waals surface area contributed by atoms with E-state index >= 15 is 0 Å². The number of alkyl halides is 3. The molecule has 1 heterocycles. The number of hydrogen-bond acceptors (Lipinski definition) is 4. The van der Waals surface area contributed by atoms with Crippen LogP contribution in [-0.4, -0.2) is 28.8 Å². The first-order valence-corrected chi connectivity index (χ1v) is 7.00. The van der Waals surface area contributed by atoms with Crippen LogP contribution in [0.2, 0.25) is 0 Å². The summed E-state index contributed by atoms with van der Waals surface area (Å²) in [6.45, 7) is -0.653. The minimum absolute atomic E-state index is 0.0727. The van der Waals surface area contributed by atoms with Gasteiger partial charge in [0.05, 0.1) is 11.8 Å². The molecule has 8 heteroatoms. The van der Waals surface area contributed by atoms with Crippen molar-refractivity contribution >= 4 is 5.97 Å². The number of nitrogens with one attached hydrogen (secondary N) is 1.